The minimum absolute atomic E-state index is 0.0869. The maximum absolute atomic E-state index is 13.1. The maximum atomic E-state index is 13.1. The molecule has 188 valence electrons. The summed E-state index contributed by atoms with van der Waals surface area (Å²) in [6, 6.07) is 11.0. The Balaban J connectivity index is 1.45. The van der Waals surface area contributed by atoms with Gasteiger partial charge in [0.25, 0.3) is 11.6 Å². The molecule has 2 aromatic carbocycles. The van der Waals surface area contributed by atoms with Crippen LogP contribution in [-0.4, -0.2) is 54.8 Å². The summed E-state index contributed by atoms with van der Waals surface area (Å²) in [5.41, 5.74) is 1.07. The number of fused-ring (bicyclic) bond motifs is 1. The lowest BCUT2D eigenvalue weighted by Crippen LogP contribution is -2.27. The zero-order valence-corrected chi connectivity index (χ0v) is 20.5. The second kappa shape index (κ2) is 8.80. The fraction of sp³-hybridized carbons (Fsp3) is 0.273. The van der Waals surface area contributed by atoms with Crippen LogP contribution in [0.3, 0.4) is 0 Å². The fourth-order valence-corrected chi connectivity index (χ4v) is 7.32. The van der Waals surface area contributed by atoms with Gasteiger partial charge in [-0.15, -0.1) is 0 Å². The molecule has 36 heavy (non-hydrogen) atoms. The van der Waals surface area contributed by atoms with Crippen molar-refractivity contribution >= 4 is 37.3 Å². The summed E-state index contributed by atoms with van der Waals surface area (Å²) in [4.78, 5) is 23.6. The highest BCUT2D eigenvalue weighted by molar-refractivity contribution is 7.90. The van der Waals surface area contributed by atoms with E-state index in [4.69, 9.17) is 0 Å². The summed E-state index contributed by atoms with van der Waals surface area (Å²) in [6.07, 6.45) is 1.62. The molecule has 1 fully saturated rings. The molecule has 0 radical (unpaired) electrons. The molecule has 1 aromatic heterocycles. The minimum atomic E-state index is -3.63. The molecule has 0 aliphatic carbocycles. The minimum Gasteiger partial charge on any atom is -0.306 e. The SMILES string of the molecule is O=C(Nc1c2c(nn1-c1ccc([N+](=O)[O-])cc1)CS(=O)(=O)C2)c1ccc(S(=O)(=O)N2CCCC2)cc1. The van der Waals surface area contributed by atoms with Crippen molar-refractivity contribution in [1.82, 2.24) is 14.1 Å². The van der Waals surface area contributed by atoms with E-state index >= 15 is 0 Å². The van der Waals surface area contributed by atoms with Gasteiger partial charge in [0.2, 0.25) is 10.0 Å². The van der Waals surface area contributed by atoms with Gasteiger partial charge in [0.05, 0.1) is 32.7 Å². The van der Waals surface area contributed by atoms with Gasteiger partial charge in [-0.1, -0.05) is 0 Å². The van der Waals surface area contributed by atoms with Crippen molar-refractivity contribution < 1.29 is 26.6 Å². The summed E-state index contributed by atoms with van der Waals surface area (Å²) in [5, 5.41) is 18.0. The fourth-order valence-electron chi connectivity index (χ4n) is 4.31. The van der Waals surface area contributed by atoms with E-state index in [-0.39, 0.29) is 39.2 Å². The highest BCUT2D eigenvalue weighted by Crippen LogP contribution is 2.33. The Kier molecular flexibility index (Phi) is 5.89. The predicted octanol–water partition coefficient (Wildman–Crippen LogP) is 2.25. The van der Waals surface area contributed by atoms with Gasteiger partial charge in [-0.25, -0.2) is 21.5 Å². The van der Waals surface area contributed by atoms with Gasteiger partial charge < -0.3 is 5.32 Å². The highest BCUT2D eigenvalue weighted by Gasteiger charge is 2.33. The Labute approximate surface area is 206 Å². The Morgan fingerprint density at radius 2 is 1.64 bits per heavy atom. The van der Waals surface area contributed by atoms with Gasteiger partial charge in [0, 0.05) is 36.3 Å². The molecule has 3 aromatic rings. The van der Waals surface area contributed by atoms with Crippen LogP contribution in [0.1, 0.15) is 34.5 Å². The molecule has 1 saturated heterocycles. The third-order valence-electron chi connectivity index (χ3n) is 6.14. The largest absolute Gasteiger partial charge is 0.306 e. The van der Waals surface area contributed by atoms with Crippen molar-refractivity contribution in [2.24, 2.45) is 0 Å². The lowest BCUT2D eigenvalue weighted by atomic mass is 10.2. The standard InChI is InChI=1S/C22H21N5O7S2/c28-22(15-3-9-18(10-4-15)36(33,34)25-11-1-2-12-25)23-21-19-13-35(31,32)14-20(19)24-26(21)16-5-7-17(8-6-16)27(29)30/h3-10H,1-2,11-14H2,(H,23,28). The van der Waals surface area contributed by atoms with Crippen molar-refractivity contribution in [2.75, 3.05) is 18.4 Å². The van der Waals surface area contributed by atoms with Crippen LogP contribution in [0.4, 0.5) is 11.5 Å². The molecule has 0 atom stereocenters. The topological polar surface area (TPSA) is 162 Å². The molecular weight excluding hydrogens is 510 g/mol. The first-order chi connectivity index (χ1) is 17.0. The Bertz CT molecular complexity index is 1570. The van der Waals surface area contributed by atoms with Gasteiger partial charge >= 0.3 is 0 Å². The smallest absolute Gasteiger partial charge is 0.269 e. The first kappa shape index (κ1) is 24.1. The molecule has 2 aliphatic rings. The van der Waals surface area contributed by atoms with Crippen LogP contribution in [0, 0.1) is 10.1 Å². The zero-order chi connectivity index (χ0) is 25.7. The van der Waals surface area contributed by atoms with E-state index in [1.54, 1.807) is 0 Å². The second-order valence-corrected chi connectivity index (χ2v) is 12.6. The number of hydrogen-bond donors (Lipinski definition) is 1. The van der Waals surface area contributed by atoms with Crippen molar-refractivity contribution in [1.29, 1.82) is 0 Å². The van der Waals surface area contributed by atoms with Crippen LogP contribution in [0.2, 0.25) is 0 Å². The molecule has 0 unspecified atom stereocenters. The third kappa shape index (κ3) is 4.38. The number of nitro groups is 1. The molecule has 0 spiro atoms. The van der Waals surface area contributed by atoms with Gasteiger partial charge in [-0.3, -0.25) is 14.9 Å². The number of amides is 1. The van der Waals surface area contributed by atoms with Crippen molar-refractivity contribution in [3.05, 3.63) is 75.5 Å². The van der Waals surface area contributed by atoms with Gasteiger partial charge in [-0.05, 0) is 49.2 Å². The van der Waals surface area contributed by atoms with Gasteiger partial charge in [0.15, 0.2) is 9.84 Å². The summed E-state index contributed by atoms with van der Waals surface area (Å²) < 4.78 is 52.6. The van der Waals surface area contributed by atoms with Crippen LogP contribution >= 0.6 is 0 Å². The monoisotopic (exact) mass is 531 g/mol. The van der Waals surface area contributed by atoms with Crippen LogP contribution in [-0.2, 0) is 31.4 Å². The van der Waals surface area contributed by atoms with E-state index in [2.05, 4.69) is 10.4 Å². The van der Waals surface area contributed by atoms with Crippen LogP contribution in [0.15, 0.2) is 53.4 Å². The van der Waals surface area contributed by atoms with Crippen molar-refractivity contribution in [3.8, 4) is 5.69 Å². The molecule has 0 bridgehead atoms. The Morgan fingerprint density at radius 3 is 2.25 bits per heavy atom. The number of benzene rings is 2. The van der Waals surface area contributed by atoms with Crippen LogP contribution in [0.25, 0.3) is 5.69 Å². The lowest BCUT2D eigenvalue weighted by molar-refractivity contribution is -0.384. The summed E-state index contributed by atoms with van der Waals surface area (Å²) in [7, 11) is -7.05. The van der Waals surface area contributed by atoms with E-state index in [1.165, 1.54) is 57.5 Å². The number of nitro benzene ring substituents is 1. The average molecular weight is 532 g/mol. The van der Waals surface area contributed by atoms with E-state index in [0.717, 1.165) is 12.8 Å². The summed E-state index contributed by atoms with van der Waals surface area (Å²) >= 11 is 0. The number of nitrogens with one attached hydrogen (secondary N) is 1. The number of anilines is 1. The van der Waals surface area contributed by atoms with Gasteiger partial charge in [0.1, 0.15) is 5.82 Å². The summed E-state index contributed by atoms with van der Waals surface area (Å²) in [5.74, 6) is -1.04. The van der Waals surface area contributed by atoms with Crippen LogP contribution < -0.4 is 5.32 Å². The van der Waals surface area contributed by atoms with Crippen molar-refractivity contribution in [2.45, 2.75) is 29.2 Å². The van der Waals surface area contributed by atoms with E-state index in [9.17, 15) is 31.7 Å². The Morgan fingerprint density at radius 1 is 1.00 bits per heavy atom. The highest BCUT2D eigenvalue weighted by atomic mass is 32.2. The lowest BCUT2D eigenvalue weighted by Gasteiger charge is -2.15. The maximum Gasteiger partial charge on any atom is 0.269 e. The number of nitrogens with zero attached hydrogens (tertiary/aromatic N) is 4. The molecule has 0 saturated carbocycles. The first-order valence-corrected chi connectivity index (χ1v) is 14.3. The number of hydrogen-bond acceptors (Lipinski definition) is 8. The quantitative estimate of drug-likeness (QED) is 0.374. The first-order valence-electron chi connectivity index (χ1n) is 11.0. The third-order valence-corrected chi connectivity index (χ3v) is 9.50. The molecule has 3 heterocycles. The summed E-state index contributed by atoms with van der Waals surface area (Å²) in [6.45, 7) is 0.927. The second-order valence-electron chi connectivity index (χ2n) is 8.58. The zero-order valence-electron chi connectivity index (χ0n) is 18.8. The molecule has 12 nitrogen and oxygen atoms in total. The average Bonchev–Trinajstić information content (AvgIpc) is 3.56. The van der Waals surface area contributed by atoms with Crippen LogP contribution in [0.5, 0.6) is 0 Å². The molecule has 1 N–H and O–H groups in total. The predicted molar refractivity (Wildman–Crippen MR) is 129 cm³/mol. The molecule has 14 heteroatoms. The van der Waals surface area contributed by atoms with E-state index in [1.807, 2.05) is 0 Å². The number of aromatic nitrogens is 2. The Hall–Kier alpha value is -3.62. The van der Waals surface area contributed by atoms with E-state index < -0.39 is 30.7 Å². The number of sulfone groups is 1. The number of sulfonamides is 1. The van der Waals surface area contributed by atoms with Crippen molar-refractivity contribution in [3.63, 3.8) is 0 Å². The van der Waals surface area contributed by atoms with E-state index in [0.29, 0.717) is 24.3 Å². The number of carbonyl (C=O) groups is 1. The number of carbonyl (C=O) groups excluding carboxylic acids is 1. The van der Waals surface area contributed by atoms with Gasteiger partial charge in [-0.2, -0.15) is 9.40 Å². The number of non-ortho nitro benzene ring substituents is 1. The number of rotatable bonds is 6. The molecule has 1 amide bonds. The molecule has 2 aliphatic heterocycles. The molecule has 5 rings (SSSR count). The molecular formula is C22H21N5O7S2. The normalized spacial score (nSPS) is 17.1.